The molecule has 0 amide bonds. The molecule has 5 atom stereocenters. The van der Waals surface area contributed by atoms with Gasteiger partial charge in [0.05, 0.1) is 34.7 Å². The molecule has 7 rings (SSSR count). The first kappa shape index (κ1) is 29.0. The van der Waals surface area contributed by atoms with Crippen molar-refractivity contribution in [2.24, 2.45) is 0 Å². The predicted molar refractivity (Wildman–Crippen MR) is 164 cm³/mol. The van der Waals surface area contributed by atoms with Crippen molar-refractivity contribution >= 4 is 5.69 Å². The Morgan fingerprint density at radius 3 is 2.75 bits per heavy atom. The second kappa shape index (κ2) is 10.7. The van der Waals surface area contributed by atoms with Gasteiger partial charge in [-0.05, 0) is 83.5 Å². The zero-order valence-corrected chi connectivity index (χ0v) is 26.1. The number of nitrogens with zero attached hydrogens (tertiary/aromatic N) is 5. The van der Waals surface area contributed by atoms with E-state index in [-0.39, 0.29) is 29.9 Å². The number of nitrogens with two attached hydrogens (primary N) is 1. The molecule has 0 bridgehead atoms. The maximum atomic E-state index is 10.1. The molecule has 2 saturated heterocycles. The van der Waals surface area contributed by atoms with Gasteiger partial charge in [-0.15, -0.1) is 0 Å². The normalized spacial score (nSPS) is 27.8. The monoisotopic (exact) mass is 599 g/mol. The Morgan fingerprint density at radius 1 is 1.20 bits per heavy atom. The fourth-order valence-electron chi connectivity index (χ4n) is 7.93. The van der Waals surface area contributed by atoms with Crippen molar-refractivity contribution in [3.05, 3.63) is 46.2 Å². The molecule has 5 unspecified atom stereocenters. The highest BCUT2D eigenvalue weighted by atomic mass is 16.5. The van der Waals surface area contributed by atoms with E-state index in [1.807, 2.05) is 12.1 Å². The van der Waals surface area contributed by atoms with Crippen LogP contribution in [0.15, 0.2) is 22.7 Å². The van der Waals surface area contributed by atoms with Crippen LogP contribution in [0, 0.1) is 11.3 Å². The molecule has 0 radical (unpaired) electrons. The molecule has 1 aromatic carbocycles. The molecule has 1 spiro atoms. The summed E-state index contributed by atoms with van der Waals surface area (Å²) in [5.74, 6) is 2.06. The summed E-state index contributed by atoms with van der Waals surface area (Å²) in [4.78, 5) is 12.0. The average molecular weight is 600 g/mol. The maximum Gasteiger partial charge on any atom is 0.221 e. The number of likely N-dealkylation sites (tertiary alicyclic amines) is 1. The number of ether oxygens (including phenoxy) is 3. The van der Waals surface area contributed by atoms with Gasteiger partial charge in [0, 0.05) is 31.5 Å². The van der Waals surface area contributed by atoms with Crippen LogP contribution in [0.25, 0.3) is 11.5 Å². The van der Waals surface area contributed by atoms with Crippen molar-refractivity contribution in [2.45, 2.75) is 94.6 Å². The second-order valence-electron chi connectivity index (χ2n) is 13.4. The highest BCUT2D eigenvalue weighted by Gasteiger charge is 2.49. The third-order valence-electron chi connectivity index (χ3n) is 10.4. The smallest absolute Gasteiger partial charge is 0.221 e. The molecule has 2 aliphatic carbocycles. The molecule has 11 heteroatoms. The van der Waals surface area contributed by atoms with Crippen molar-refractivity contribution in [1.29, 1.82) is 5.26 Å². The minimum atomic E-state index is -0.444. The molecular formula is C33H41N7O4. The van der Waals surface area contributed by atoms with Crippen LogP contribution in [0.5, 0.6) is 11.8 Å². The van der Waals surface area contributed by atoms with Crippen LogP contribution in [-0.2, 0) is 23.0 Å². The first-order valence-electron chi connectivity index (χ1n) is 15.7. The summed E-state index contributed by atoms with van der Waals surface area (Å²) in [7, 11) is 3.85. The summed E-state index contributed by atoms with van der Waals surface area (Å²) in [5.41, 5.74) is 10.4. The number of benzene rings is 1. The fraction of sp³-hybridized carbons (Fsp3) is 0.576. The Balaban J connectivity index is 1.28. The van der Waals surface area contributed by atoms with Gasteiger partial charge in [-0.1, -0.05) is 11.2 Å². The van der Waals surface area contributed by atoms with E-state index in [0.717, 1.165) is 74.1 Å². The van der Waals surface area contributed by atoms with Crippen molar-refractivity contribution in [2.75, 3.05) is 33.0 Å². The fourth-order valence-corrected chi connectivity index (χ4v) is 7.93. The third-order valence-corrected chi connectivity index (χ3v) is 10.4. The van der Waals surface area contributed by atoms with Gasteiger partial charge < -0.3 is 29.8 Å². The molecule has 2 aliphatic heterocycles. The molecule has 232 valence electrons. The van der Waals surface area contributed by atoms with E-state index in [1.165, 1.54) is 0 Å². The van der Waals surface area contributed by atoms with Gasteiger partial charge in [0.25, 0.3) is 0 Å². The molecule has 11 nitrogen and oxygen atoms in total. The first-order chi connectivity index (χ1) is 21.1. The van der Waals surface area contributed by atoms with Crippen LogP contribution in [0.1, 0.15) is 74.5 Å². The molecule has 3 aromatic rings. The summed E-state index contributed by atoms with van der Waals surface area (Å²) in [6, 6.07) is 8.12. The predicted octanol–water partition coefficient (Wildman–Crippen LogP) is 3.77. The topological polar surface area (TPSA) is 145 Å². The average Bonchev–Trinajstić information content (AvgIpc) is 3.71. The number of hydrogen-bond donors (Lipinski definition) is 2. The Morgan fingerprint density at radius 2 is 2.02 bits per heavy atom. The van der Waals surface area contributed by atoms with Gasteiger partial charge in [0.2, 0.25) is 11.8 Å². The van der Waals surface area contributed by atoms with E-state index in [4.69, 9.17) is 34.4 Å². The van der Waals surface area contributed by atoms with Gasteiger partial charge in [-0.2, -0.15) is 15.2 Å². The Kier molecular flexibility index (Phi) is 7.07. The minimum Gasteiger partial charge on any atom is -0.473 e. The lowest BCUT2D eigenvalue weighted by Crippen LogP contribution is -2.67. The number of methoxy groups -OCH3 is 1. The van der Waals surface area contributed by atoms with Gasteiger partial charge in [0.15, 0.2) is 17.3 Å². The van der Waals surface area contributed by atoms with E-state index in [1.54, 1.807) is 13.2 Å². The Bertz CT molecular complexity index is 1630. The summed E-state index contributed by atoms with van der Waals surface area (Å²) in [6.45, 7) is 7.95. The molecule has 4 aliphatic rings. The van der Waals surface area contributed by atoms with Crippen molar-refractivity contribution in [3.8, 4) is 29.3 Å². The van der Waals surface area contributed by atoms with Gasteiger partial charge >= 0.3 is 0 Å². The largest absolute Gasteiger partial charge is 0.473 e. The number of aromatic nitrogens is 3. The van der Waals surface area contributed by atoms with Crippen LogP contribution in [0.4, 0.5) is 5.69 Å². The lowest BCUT2D eigenvalue weighted by molar-refractivity contribution is 0.0157. The SMILES string of the molecule is COC1CCN(C)C1C(C)Oc1cc(OC2CNC2(C)C)nc(-c2noc3c2CCCC32CCc3ccc(N)c(C#N)c32)n1. The molecule has 2 fully saturated rings. The summed E-state index contributed by atoms with van der Waals surface area (Å²) in [6.07, 6.45) is 5.06. The van der Waals surface area contributed by atoms with Gasteiger partial charge in [-0.25, -0.2) is 0 Å². The zero-order valence-electron chi connectivity index (χ0n) is 26.1. The van der Waals surface area contributed by atoms with E-state index in [9.17, 15) is 5.26 Å². The number of anilines is 1. The number of nitriles is 1. The van der Waals surface area contributed by atoms with Gasteiger partial charge in [0.1, 0.15) is 18.3 Å². The van der Waals surface area contributed by atoms with Crippen LogP contribution >= 0.6 is 0 Å². The lowest BCUT2D eigenvalue weighted by Gasteiger charge is -2.44. The van der Waals surface area contributed by atoms with E-state index in [0.29, 0.717) is 34.5 Å². The highest BCUT2D eigenvalue weighted by Crippen LogP contribution is 2.54. The van der Waals surface area contributed by atoms with Crippen LogP contribution in [-0.4, -0.2) is 77.2 Å². The number of nitrogens with one attached hydrogen (secondary N) is 1. The Labute approximate surface area is 258 Å². The number of hydrogen-bond acceptors (Lipinski definition) is 11. The Hall–Kier alpha value is -3.72. The molecular weight excluding hydrogens is 558 g/mol. The minimum absolute atomic E-state index is 0.0475. The van der Waals surface area contributed by atoms with E-state index < -0.39 is 5.41 Å². The summed E-state index contributed by atoms with van der Waals surface area (Å²) >= 11 is 0. The maximum absolute atomic E-state index is 10.1. The standard InChI is InChI=1S/C33H41N7O4/c1-18(29-23(41-5)11-14-40(29)4)42-25-15-26(43-24-17-36-32(24,2)3)38-31(37-25)28-20-7-6-12-33(30(20)44-39-28)13-10-19-8-9-22(35)21(16-34)27(19)33/h8-9,15,18,23-24,29,36H,6-7,10-14,17,35H2,1-5H3. The number of rotatable bonds is 7. The number of likely N-dealkylation sites (N-methyl/N-ethyl adjacent to an activating group) is 1. The molecule has 0 saturated carbocycles. The van der Waals surface area contributed by atoms with Crippen LogP contribution < -0.4 is 20.5 Å². The van der Waals surface area contributed by atoms with Crippen molar-refractivity contribution in [1.82, 2.24) is 25.3 Å². The summed E-state index contributed by atoms with van der Waals surface area (Å²) in [5, 5.41) is 18.1. The highest BCUT2D eigenvalue weighted by molar-refractivity contribution is 5.68. The molecule has 4 heterocycles. The zero-order chi connectivity index (χ0) is 30.8. The van der Waals surface area contributed by atoms with Gasteiger partial charge in [-0.3, -0.25) is 4.90 Å². The van der Waals surface area contributed by atoms with Crippen molar-refractivity contribution in [3.63, 3.8) is 0 Å². The van der Waals surface area contributed by atoms with Crippen LogP contribution in [0.2, 0.25) is 0 Å². The number of fused-ring (bicyclic) bond motifs is 4. The number of aryl methyl sites for hydroxylation is 1. The van der Waals surface area contributed by atoms with Crippen molar-refractivity contribution < 1.29 is 18.7 Å². The second-order valence-corrected chi connectivity index (χ2v) is 13.4. The first-order valence-corrected chi connectivity index (χ1v) is 15.7. The van der Waals surface area contributed by atoms with E-state index in [2.05, 4.69) is 49.3 Å². The number of nitrogen functional groups attached to an aromatic ring is 1. The van der Waals surface area contributed by atoms with E-state index >= 15 is 0 Å². The quantitative estimate of drug-likeness (QED) is 0.383. The molecule has 2 aromatic heterocycles. The molecule has 3 N–H and O–H groups in total. The summed E-state index contributed by atoms with van der Waals surface area (Å²) < 4.78 is 24.9. The molecule has 44 heavy (non-hydrogen) atoms. The lowest BCUT2D eigenvalue weighted by atomic mass is 9.68. The third kappa shape index (κ3) is 4.54. The van der Waals surface area contributed by atoms with Crippen LogP contribution in [0.3, 0.4) is 0 Å².